The van der Waals surface area contributed by atoms with E-state index in [1.54, 1.807) is 12.1 Å². The lowest BCUT2D eigenvalue weighted by Gasteiger charge is -2.43. The minimum Gasteiger partial charge on any atom is -0.452 e. The molecule has 2 atom stereocenters. The van der Waals surface area contributed by atoms with E-state index in [4.69, 9.17) is 9.47 Å². The Labute approximate surface area is 153 Å². The van der Waals surface area contributed by atoms with Crippen LogP contribution in [0.25, 0.3) is 0 Å². The van der Waals surface area contributed by atoms with Gasteiger partial charge in [0.1, 0.15) is 5.82 Å². The van der Waals surface area contributed by atoms with Gasteiger partial charge in [-0.3, -0.25) is 4.79 Å². The molecular formula is C19H25N3O4. The summed E-state index contributed by atoms with van der Waals surface area (Å²) in [5.41, 5.74) is 0.358. The number of ether oxygens (including phenoxy) is 2. The Morgan fingerprint density at radius 1 is 1.23 bits per heavy atom. The average molecular weight is 359 g/mol. The van der Waals surface area contributed by atoms with Gasteiger partial charge in [-0.15, -0.1) is 0 Å². The van der Waals surface area contributed by atoms with Crippen LogP contribution < -0.4 is 5.32 Å². The smallest absolute Gasteiger partial charge is 0.340 e. The van der Waals surface area contributed by atoms with Crippen molar-refractivity contribution in [3.8, 4) is 0 Å². The summed E-state index contributed by atoms with van der Waals surface area (Å²) in [4.78, 5) is 30.8. The summed E-state index contributed by atoms with van der Waals surface area (Å²) in [6, 6.07) is 4.08. The van der Waals surface area contributed by atoms with Gasteiger partial charge < -0.3 is 19.7 Å². The molecule has 1 saturated heterocycles. The van der Waals surface area contributed by atoms with Crippen LogP contribution in [0.2, 0.25) is 0 Å². The summed E-state index contributed by atoms with van der Waals surface area (Å²) in [6.07, 6.45) is 8.17. The fourth-order valence-corrected chi connectivity index (χ4v) is 3.74. The molecule has 1 aromatic rings. The van der Waals surface area contributed by atoms with Crippen molar-refractivity contribution in [3.05, 3.63) is 23.9 Å². The molecular weight excluding hydrogens is 334 g/mol. The normalized spacial score (nSPS) is 25.3. The summed E-state index contributed by atoms with van der Waals surface area (Å²) in [7, 11) is 0. The zero-order valence-corrected chi connectivity index (χ0v) is 14.9. The number of morpholine rings is 1. The second kappa shape index (κ2) is 7.61. The van der Waals surface area contributed by atoms with Crippen molar-refractivity contribution in [1.82, 2.24) is 9.88 Å². The predicted octanol–water partition coefficient (Wildman–Crippen LogP) is 1.98. The third kappa shape index (κ3) is 3.98. The lowest BCUT2D eigenvalue weighted by atomic mass is 9.90. The summed E-state index contributed by atoms with van der Waals surface area (Å²) in [6.45, 7) is 0.894. The summed E-state index contributed by atoms with van der Waals surface area (Å²) in [5, 5.41) is 3.27. The summed E-state index contributed by atoms with van der Waals surface area (Å²) in [5.74, 6) is 0.104. The minimum atomic E-state index is -0.516. The molecule has 0 radical (unpaired) electrons. The van der Waals surface area contributed by atoms with Crippen LogP contribution in [0.4, 0.5) is 5.82 Å². The SMILES string of the molecule is O=C(OCC(=O)N1CCO[C@@H]2CCCC[C@H]21)c1ccc(NC2CC2)nc1. The minimum absolute atomic E-state index is 0.123. The number of carbonyl (C=O) groups excluding carboxylic acids is 2. The number of rotatable bonds is 5. The van der Waals surface area contributed by atoms with Gasteiger partial charge in [-0.05, 0) is 37.8 Å². The van der Waals surface area contributed by atoms with Crippen molar-refractivity contribution in [2.24, 2.45) is 0 Å². The molecule has 1 amide bonds. The highest BCUT2D eigenvalue weighted by Gasteiger charge is 2.36. The number of carbonyl (C=O) groups is 2. The Bertz CT molecular complexity index is 657. The number of pyridine rings is 1. The number of nitrogens with zero attached hydrogens (tertiary/aromatic N) is 2. The largest absolute Gasteiger partial charge is 0.452 e. The Hall–Kier alpha value is -2.15. The van der Waals surface area contributed by atoms with Crippen LogP contribution in [-0.2, 0) is 14.3 Å². The molecule has 3 aliphatic rings. The quantitative estimate of drug-likeness (QED) is 0.810. The van der Waals surface area contributed by atoms with E-state index < -0.39 is 5.97 Å². The van der Waals surface area contributed by atoms with E-state index in [0.717, 1.165) is 44.3 Å². The average Bonchev–Trinajstić information content (AvgIpc) is 3.50. The number of esters is 1. The molecule has 2 saturated carbocycles. The molecule has 7 heteroatoms. The van der Waals surface area contributed by atoms with Crippen molar-refractivity contribution in [3.63, 3.8) is 0 Å². The van der Waals surface area contributed by atoms with Gasteiger partial charge in [0, 0.05) is 18.8 Å². The van der Waals surface area contributed by atoms with E-state index in [2.05, 4.69) is 10.3 Å². The van der Waals surface area contributed by atoms with Gasteiger partial charge in [-0.25, -0.2) is 9.78 Å². The van der Waals surface area contributed by atoms with Crippen molar-refractivity contribution >= 4 is 17.7 Å². The van der Waals surface area contributed by atoms with Gasteiger partial charge in [-0.2, -0.15) is 0 Å². The first-order chi connectivity index (χ1) is 12.7. The molecule has 0 unspecified atom stereocenters. The van der Waals surface area contributed by atoms with Crippen molar-refractivity contribution in [2.45, 2.75) is 56.7 Å². The molecule has 1 aromatic heterocycles. The monoisotopic (exact) mass is 359 g/mol. The third-order valence-corrected chi connectivity index (χ3v) is 5.31. The molecule has 1 aliphatic heterocycles. The first-order valence-electron chi connectivity index (χ1n) is 9.51. The summed E-state index contributed by atoms with van der Waals surface area (Å²) >= 11 is 0. The fraction of sp³-hybridized carbons (Fsp3) is 0.632. The lowest BCUT2D eigenvalue weighted by Crippen LogP contribution is -2.55. The van der Waals surface area contributed by atoms with E-state index in [1.165, 1.54) is 6.20 Å². The maximum atomic E-state index is 12.5. The second-order valence-corrected chi connectivity index (χ2v) is 7.28. The zero-order chi connectivity index (χ0) is 17.9. The standard InChI is InChI=1S/C19H25N3O4/c23-18(22-9-10-25-16-4-2-1-3-15(16)22)12-26-19(24)13-5-8-17(20-11-13)21-14-6-7-14/h5,8,11,14-16H,1-4,6-7,9-10,12H2,(H,20,21)/t15-,16-/m1/s1. The molecule has 26 heavy (non-hydrogen) atoms. The van der Waals surface area contributed by atoms with Gasteiger partial charge in [0.25, 0.3) is 5.91 Å². The number of nitrogens with one attached hydrogen (secondary N) is 1. The van der Waals surface area contributed by atoms with Crippen LogP contribution >= 0.6 is 0 Å². The molecule has 2 heterocycles. The predicted molar refractivity (Wildman–Crippen MR) is 94.9 cm³/mol. The van der Waals surface area contributed by atoms with Crippen LogP contribution in [0.3, 0.4) is 0 Å². The molecule has 4 rings (SSSR count). The number of amides is 1. The van der Waals surface area contributed by atoms with Gasteiger partial charge in [0.05, 0.1) is 24.3 Å². The highest BCUT2D eigenvalue weighted by atomic mass is 16.5. The molecule has 0 aromatic carbocycles. The third-order valence-electron chi connectivity index (χ3n) is 5.31. The van der Waals surface area contributed by atoms with Gasteiger partial charge in [0.2, 0.25) is 0 Å². The number of hydrogen-bond acceptors (Lipinski definition) is 6. The van der Waals surface area contributed by atoms with Crippen molar-refractivity contribution in [2.75, 3.05) is 25.1 Å². The Kier molecular flexibility index (Phi) is 5.06. The van der Waals surface area contributed by atoms with Crippen LogP contribution in [-0.4, -0.2) is 59.7 Å². The zero-order valence-electron chi connectivity index (χ0n) is 14.9. The van der Waals surface area contributed by atoms with E-state index >= 15 is 0 Å². The highest BCUT2D eigenvalue weighted by molar-refractivity contribution is 5.91. The molecule has 7 nitrogen and oxygen atoms in total. The fourth-order valence-electron chi connectivity index (χ4n) is 3.74. The second-order valence-electron chi connectivity index (χ2n) is 7.28. The van der Waals surface area contributed by atoms with Crippen molar-refractivity contribution in [1.29, 1.82) is 0 Å². The molecule has 0 bridgehead atoms. The van der Waals surface area contributed by atoms with E-state index in [0.29, 0.717) is 24.8 Å². The highest BCUT2D eigenvalue weighted by Crippen LogP contribution is 2.28. The van der Waals surface area contributed by atoms with Crippen LogP contribution in [0.5, 0.6) is 0 Å². The van der Waals surface area contributed by atoms with Gasteiger partial charge in [-0.1, -0.05) is 12.8 Å². The maximum absolute atomic E-state index is 12.5. The molecule has 0 spiro atoms. The Morgan fingerprint density at radius 3 is 2.85 bits per heavy atom. The van der Waals surface area contributed by atoms with E-state index in [9.17, 15) is 9.59 Å². The number of aromatic nitrogens is 1. The van der Waals surface area contributed by atoms with E-state index in [-0.39, 0.29) is 24.7 Å². The van der Waals surface area contributed by atoms with Gasteiger partial charge >= 0.3 is 5.97 Å². The number of anilines is 1. The van der Waals surface area contributed by atoms with Crippen LogP contribution in [0.15, 0.2) is 18.3 Å². The molecule has 3 fully saturated rings. The summed E-state index contributed by atoms with van der Waals surface area (Å²) < 4.78 is 11.0. The molecule has 1 N–H and O–H groups in total. The van der Waals surface area contributed by atoms with Gasteiger partial charge in [0.15, 0.2) is 6.61 Å². The van der Waals surface area contributed by atoms with E-state index in [1.807, 2.05) is 4.90 Å². The first-order valence-corrected chi connectivity index (χ1v) is 9.51. The molecule has 140 valence electrons. The lowest BCUT2D eigenvalue weighted by molar-refractivity contribution is -0.152. The maximum Gasteiger partial charge on any atom is 0.340 e. The van der Waals surface area contributed by atoms with Crippen LogP contribution in [0, 0.1) is 0 Å². The van der Waals surface area contributed by atoms with Crippen LogP contribution in [0.1, 0.15) is 48.9 Å². The molecule has 2 aliphatic carbocycles. The van der Waals surface area contributed by atoms with Crippen molar-refractivity contribution < 1.29 is 19.1 Å². The number of fused-ring (bicyclic) bond motifs is 1. The Balaban J connectivity index is 1.29. The first kappa shape index (κ1) is 17.3. The number of hydrogen-bond donors (Lipinski definition) is 1. The Morgan fingerprint density at radius 2 is 2.08 bits per heavy atom. The topological polar surface area (TPSA) is 80.8 Å².